The molecule has 2 N–H and O–H groups in total. The van der Waals surface area contributed by atoms with Crippen molar-refractivity contribution in [2.24, 2.45) is 5.73 Å². The van der Waals surface area contributed by atoms with Crippen LogP contribution < -0.4 is 5.73 Å². The number of hydrogen-bond donors (Lipinski definition) is 1. The minimum atomic E-state index is 0.529. The highest BCUT2D eigenvalue weighted by atomic mass is 14.5. The SMILES string of the molecule is C=C/C=C(C=C)/C=C\C(=C)N. The van der Waals surface area contributed by atoms with Crippen LogP contribution in [0.2, 0.25) is 0 Å². The molecule has 0 atom stereocenters. The van der Waals surface area contributed by atoms with Crippen LogP contribution in [0.25, 0.3) is 0 Å². The first-order valence-electron chi connectivity index (χ1n) is 3.28. The van der Waals surface area contributed by atoms with E-state index >= 15 is 0 Å². The number of hydrogen-bond acceptors (Lipinski definition) is 1. The van der Waals surface area contributed by atoms with E-state index in [2.05, 4.69) is 19.7 Å². The third-order valence-corrected chi connectivity index (χ3v) is 1.04. The van der Waals surface area contributed by atoms with Gasteiger partial charge in [-0.1, -0.05) is 44.0 Å². The number of allylic oxidation sites excluding steroid dienone is 6. The van der Waals surface area contributed by atoms with Gasteiger partial charge in [-0.25, -0.2) is 0 Å². The van der Waals surface area contributed by atoms with E-state index in [9.17, 15) is 0 Å². The van der Waals surface area contributed by atoms with Gasteiger partial charge in [0.2, 0.25) is 0 Å². The molecule has 0 spiro atoms. The van der Waals surface area contributed by atoms with Crippen LogP contribution in [0.4, 0.5) is 0 Å². The Hall–Kier alpha value is -1.50. The van der Waals surface area contributed by atoms with E-state index in [1.165, 1.54) is 0 Å². The van der Waals surface area contributed by atoms with Crippen molar-refractivity contribution in [3.05, 3.63) is 61.4 Å². The molecule has 0 amide bonds. The van der Waals surface area contributed by atoms with E-state index in [1.54, 1.807) is 18.2 Å². The molecule has 0 aromatic heterocycles. The van der Waals surface area contributed by atoms with E-state index < -0.39 is 0 Å². The zero-order valence-electron chi connectivity index (χ0n) is 6.59. The lowest BCUT2D eigenvalue weighted by Gasteiger charge is -1.89. The molecule has 0 heterocycles. The molecule has 0 saturated carbocycles. The van der Waals surface area contributed by atoms with Gasteiger partial charge in [0.05, 0.1) is 0 Å². The second kappa shape index (κ2) is 5.30. The van der Waals surface area contributed by atoms with Crippen molar-refractivity contribution in [2.75, 3.05) is 0 Å². The van der Waals surface area contributed by atoms with Crippen LogP contribution in [0.1, 0.15) is 0 Å². The summed E-state index contributed by atoms with van der Waals surface area (Å²) in [6.07, 6.45) is 8.81. The van der Waals surface area contributed by atoms with Gasteiger partial charge in [0.1, 0.15) is 0 Å². The van der Waals surface area contributed by atoms with Crippen LogP contribution in [0.5, 0.6) is 0 Å². The van der Waals surface area contributed by atoms with Gasteiger partial charge < -0.3 is 5.73 Å². The average molecular weight is 147 g/mol. The fraction of sp³-hybridized carbons (Fsp3) is 0. The molecular formula is C10H13N. The third-order valence-electron chi connectivity index (χ3n) is 1.04. The van der Waals surface area contributed by atoms with Gasteiger partial charge in [-0.2, -0.15) is 0 Å². The fourth-order valence-electron chi connectivity index (χ4n) is 0.531. The normalized spacial score (nSPS) is 11.5. The molecular weight excluding hydrogens is 134 g/mol. The van der Waals surface area contributed by atoms with Crippen LogP contribution in [0.3, 0.4) is 0 Å². The molecule has 0 aromatic rings. The van der Waals surface area contributed by atoms with E-state index in [0.717, 1.165) is 5.57 Å². The Labute approximate surface area is 67.9 Å². The Morgan fingerprint density at radius 3 is 2.18 bits per heavy atom. The molecule has 0 fully saturated rings. The predicted molar refractivity (Wildman–Crippen MR) is 50.9 cm³/mol. The average Bonchev–Trinajstić information content (AvgIpc) is 1.97. The molecule has 0 radical (unpaired) electrons. The van der Waals surface area contributed by atoms with Crippen molar-refractivity contribution in [1.82, 2.24) is 0 Å². The lowest BCUT2D eigenvalue weighted by Crippen LogP contribution is -1.88. The maximum absolute atomic E-state index is 5.32. The van der Waals surface area contributed by atoms with Crippen molar-refractivity contribution in [3.8, 4) is 0 Å². The minimum Gasteiger partial charge on any atom is -0.399 e. The number of nitrogens with two attached hydrogens (primary N) is 1. The largest absolute Gasteiger partial charge is 0.399 e. The molecule has 0 aromatic carbocycles. The fourth-order valence-corrected chi connectivity index (χ4v) is 0.531. The summed E-state index contributed by atoms with van der Waals surface area (Å²) < 4.78 is 0. The van der Waals surface area contributed by atoms with Crippen LogP contribution in [0.15, 0.2) is 61.4 Å². The first-order valence-corrected chi connectivity index (χ1v) is 3.28. The molecule has 58 valence electrons. The Bertz CT molecular complexity index is 219. The summed E-state index contributed by atoms with van der Waals surface area (Å²) in [4.78, 5) is 0. The van der Waals surface area contributed by atoms with Gasteiger partial charge in [-0.3, -0.25) is 0 Å². The van der Waals surface area contributed by atoms with Gasteiger partial charge in [-0.05, 0) is 11.6 Å². The molecule has 0 aliphatic heterocycles. The monoisotopic (exact) mass is 147 g/mol. The minimum absolute atomic E-state index is 0.529. The van der Waals surface area contributed by atoms with Gasteiger partial charge in [0.15, 0.2) is 0 Å². The van der Waals surface area contributed by atoms with Crippen molar-refractivity contribution in [3.63, 3.8) is 0 Å². The zero-order valence-corrected chi connectivity index (χ0v) is 6.59. The topological polar surface area (TPSA) is 26.0 Å². The third kappa shape index (κ3) is 4.97. The van der Waals surface area contributed by atoms with Gasteiger partial charge in [0, 0.05) is 5.70 Å². The molecule has 1 heteroatoms. The molecule has 0 saturated heterocycles. The summed E-state index contributed by atoms with van der Waals surface area (Å²) in [5, 5.41) is 0. The molecule has 11 heavy (non-hydrogen) atoms. The summed E-state index contributed by atoms with van der Waals surface area (Å²) in [5.74, 6) is 0. The van der Waals surface area contributed by atoms with Crippen LogP contribution in [0, 0.1) is 0 Å². The highest BCUT2D eigenvalue weighted by Gasteiger charge is 1.80. The highest BCUT2D eigenvalue weighted by Crippen LogP contribution is 1.98. The number of rotatable bonds is 4. The summed E-state index contributed by atoms with van der Waals surface area (Å²) in [7, 11) is 0. The van der Waals surface area contributed by atoms with Gasteiger partial charge >= 0.3 is 0 Å². The second-order valence-electron chi connectivity index (χ2n) is 2.01. The van der Waals surface area contributed by atoms with Crippen LogP contribution in [-0.2, 0) is 0 Å². The molecule has 0 aliphatic rings. The summed E-state index contributed by atoms with van der Waals surface area (Å²) >= 11 is 0. The Balaban J connectivity index is 4.30. The van der Waals surface area contributed by atoms with E-state index in [1.807, 2.05) is 12.2 Å². The Morgan fingerprint density at radius 2 is 1.82 bits per heavy atom. The Morgan fingerprint density at radius 1 is 1.18 bits per heavy atom. The standard InChI is InChI=1S/C10H13N/c1-4-6-10(5-2)8-7-9(3)11/h4-8H,1-3,11H2/b8-7-,10-6+. The summed E-state index contributed by atoms with van der Waals surface area (Å²) in [6.45, 7) is 10.7. The van der Waals surface area contributed by atoms with Gasteiger partial charge in [0.25, 0.3) is 0 Å². The van der Waals surface area contributed by atoms with E-state index in [4.69, 9.17) is 5.73 Å². The lowest BCUT2D eigenvalue weighted by atomic mass is 10.2. The molecule has 0 bridgehead atoms. The van der Waals surface area contributed by atoms with E-state index in [0.29, 0.717) is 5.70 Å². The van der Waals surface area contributed by atoms with Crippen molar-refractivity contribution in [2.45, 2.75) is 0 Å². The molecule has 0 unspecified atom stereocenters. The first-order chi connectivity index (χ1) is 5.20. The predicted octanol–water partition coefficient (Wildman–Crippen LogP) is 2.31. The van der Waals surface area contributed by atoms with Crippen molar-refractivity contribution < 1.29 is 0 Å². The maximum Gasteiger partial charge on any atom is 0.0241 e. The summed E-state index contributed by atoms with van der Waals surface area (Å²) in [6, 6.07) is 0. The summed E-state index contributed by atoms with van der Waals surface area (Å²) in [5.41, 5.74) is 6.82. The van der Waals surface area contributed by atoms with Crippen LogP contribution >= 0.6 is 0 Å². The van der Waals surface area contributed by atoms with Crippen molar-refractivity contribution >= 4 is 0 Å². The molecule has 1 nitrogen and oxygen atoms in total. The first kappa shape index (κ1) is 9.50. The highest BCUT2D eigenvalue weighted by molar-refractivity contribution is 5.34. The molecule has 0 aliphatic carbocycles. The lowest BCUT2D eigenvalue weighted by molar-refractivity contribution is 1.45. The quantitative estimate of drug-likeness (QED) is 0.607. The maximum atomic E-state index is 5.32. The second-order valence-corrected chi connectivity index (χ2v) is 2.01. The van der Waals surface area contributed by atoms with Crippen molar-refractivity contribution in [1.29, 1.82) is 0 Å². The van der Waals surface area contributed by atoms with Crippen LogP contribution in [-0.4, -0.2) is 0 Å². The van der Waals surface area contributed by atoms with Gasteiger partial charge in [-0.15, -0.1) is 0 Å². The molecule has 0 rings (SSSR count). The van der Waals surface area contributed by atoms with E-state index in [-0.39, 0.29) is 0 Å². The zero-order chi connectivity index (χ0) is 8.69. The smallest absolute Gasteiger partial charge is 0.0241 e. The Kier molecular flexibility index (Phi) is 4.58.